The Morgan fingerprint density at radius 1 is 0.680 bits per heavy atom. The molecule has 0 unspecified atom stereocenters. The highest BCUT2D eigenvalue weighted by Crippen LogP contribution is 2.31. The number of aromatic nitrogens is 1. The molecule has 0 fully saturated rings. The second-order valence-electron chi connectivity index (χ2n) is 9.22. The van der Waals surface area contributed by atoms with Gasteiger partial charge in [-0.05, 0) is 52.5 Å². The predicted molar refractivity (Wildman–Crippen MR) is 109 cm³/mol. The summed E-state index contributed by atoms with van der Waals surface area (Å²) in [6, 6.07) is 15.7. The molecule has 3 rings (SSSR count). The Morgan fingerprint density at radius 2 is 1.36 bits per heavy atom. The van der Waals surface area contributed by atoms with Crippen molar-refractivity contribution in [2.75, 3.05) is 0 Å². The zero-order valence-electron chi connectivity index (χ0n) is 16.6. The molecule has 1 heterocycles. The van der Waals surface area contributed by atoms with Gasteiger partial charge in [0.2, 0.25) is 0 Å². The first-order valence-electron chi connectivity index (χ1n) is 9.07. The molecule has 3 aromatic rings. The fourth-order valence-corrected chi connectivity index (χ4v) is 3.13. The van der Waals surface area contributed by atoms with E-state index in [0.29, 0.717) is 0 Å². The van der Waals surface area contributed by atoms with Crippen LogP contribution in [0.2, 0.25) is 0 Å². The van der Waals surface area contributed by atoms with Crippen LogP contribution in [-0.2, 0) is 10.8 Å². The Hall–Kier alpha value is -2.15. The molecule has 1 heteroatoms. The first kappa shape index (κ1) is 17.7. The van der Waals surface area contributed by atoms with Crippen LogP contribution in [-0.4, -0.2) is 4.98 Å². The molecule has 0 saturated heterocycles. The van der Waals surface area contributed by atoms with Crippen molar-refractivity contribution in [3.05, 3.63) is 65.4 Å². The average Bonchev–Trinajstić information content (AvgIpc) is 2.51. The van der Waals surface area contributed by atoms with Gasteiger partial charge in [0.1, 0.15) is 0 Å². The van der Waals surface area contributed by atoms with Crippen LogP contribution in [0.3, 0.4) is 0 Å². The topological polar surface area (TPSA) is 12.9 Å². The first-order valence-corrected chi connectivity index (χ1v) is 9.07. The van der Waals surface area contributed by atoms with Gasteiger partial charge in [0, 0.05) is 17.1 Å². The monoisotopic (exact) mass is 331 g/mol. The Bertz CT molecular complexity index is 921. The number of rotatable bonds is 1. The van der Waals surface area contributed by atoms with Gasteiger partial charge in [-0.3, -0.25) is 4.98 Å². The number of hydrogen-bond acceptors (Lipinski definition) is 1. The van der Waals surface area contributed by atoms with E-state index in [2.05, 4.69) is 90.9 Å². The minimum Gasteiger partial charge on any atom is -0.256 e. The van der Waals surface area contributed by atoms with Gasteiger partial charge in [0.05, 0.1) is 5.69 Å². The van der Waals surface area contributed by atoms with Gasteiger partial charge >= 0.3 is 0 Å². The predicted octanol–water partition coefficient (Wildman–Crippen LogP) is 6.81. The SMILES string of the molecule is Cc1cc(-c2cc3cc(C(C)(C)C)ccc3cn2)cc(C(C)(C)C)c1. The minimum atomic E-state index is 0.136. The lowest BCUT2D eigenvalue weighted by molar-refractivity contribution is 0.590. The Kier molecular flexibility index (Phi) is 4.23. The van der Waals surface area contributed by atoms with E-state index < -0.39 is 0 Å². The summed E-state index contributed by atoms with van der Waals surface area (Å²) in [5.41, 5.74) is 6.54. The van der Waals surface area contributed by atoms with Crippen molar-refractivity contribution in [2.24, 2.45) is 0 Å². The summed E-state index contributed by atoms with van der Waals surface area (Å²) >= 11 is 0. The Morgan fingerprint density at radius 3 is 2.00 bits per heavy atom. The maximum absolute atomic E-state index is 4.73. The van der Waals surface area contributed by atoms with Crippen LogP contribution < -0.4 is 0 Å². The molecule has 0 aliphatic heterocycles. The van der Waals surface area contributed by atoms with E-state index in [1.807, 2.05) is 6.20 Å². The van der Waals surface area contributed by atoms with Crippen molar-refractivity contribution in [1.29, 1.82) is 0 Å². The molecule has 0 spiro atoms. The van der Waals surface area contributed by atoms with Crippen LogP contribution in [0.5, 0.6) is 0 Å². The van der Waals surface area contributed by atoms with Crippen LogP contribution in [0.4, 0.5) is 0 Å². The highest BCUT2D eigenvalue weighted by Gasteiger charge is 2.16. The van der Waals surface area contributed by atoms with Crippen molar-refractivity contribution in [1.82, 2.24) is 4.98 Å². The van der Waals surface area contributed by atoms with Gasteiger partial charge in [-0.1, -0.05) is 71.4 Å². The molecule has 1 nitrogen and oxygen atoms in total. The zero-order valence-corrected chi connectivity index (χ0v) is 16.6. The van der Waals surface area contributed by atoms with Gasteiger partial charge in [0.25, 0.3) is 0 Å². The van der Waals surface area contributed by atoms with Crippen molar-refractivity contribution < 1.29 is 0 Å². The standard InChI is InChI=1S/C24H29N/c1-16-10-19(13-21(11-16)24(5,6)7)22-14-18-12-20(23(2,3)4)9-8-17(18)15-25-22/h8-15H,1-7H3. The van der Waals surface area contributed by atoms with E-state index in [1.54, 1.807) is 0 Å². The number of benzene rings is 2. The maximum Gasteiger partial charge on any atom is 0.0708 e. The second kappa shape index (κ2) is 5.98. The van der Waals surface area contributed by atoms with E-state index in [-0.39, 0.29) is 10.8 Å². The third kappa shape index (κ3) is 3.76. The molecule has 0 saturated carbocycles. The number of nitrogens with zero attached hydrogens (tertiary/aromatic N) is 1. The van der Waals surface area contributed by atoms with Crippen LogP contribution in [0.15, 0.2) is 48.7 Å². The normalized spacial score (nSPS) is 12.6. The second-order valence-corrected chi connectivity index (χ2v) is 9.22. The fourth-order valence-electron chi connectivity index (χ4n) is 3.13. The molecule has 0 N–H and O–H groups in total. The summed E-state index contributed by atoms with van der Waals surface area (Å²) in [6.45, 7) is 15.7. The highest BCUT2D eigenvalue weighted by molar-refractivity contribution is 5.86. The van der Waals surface area contributed by atoms with Gasteiger partial charge in [-0.2, -0.15) is 0 Å². The van der Waals surface area contributed by atoms with Gasteiger partial charge in [-0.25, -0.2) is 0 Å². The maximum atomic E-state index is 4.73. The first-order chi connectivity index (χ1) is 11.5. The van der Waals surface area contributed by atoms with E-state index in [4.69, 9.17) is 4.98 Å². The van der Waals surface area contributed by atoms with Crippen LogP contribution >= 0.6 is 0 Å². The van der Waals surface area contributed by atoms with E-state index in [9.17, 15) is 0 Å². The van der Waals surface area contributed by atoms with E-state index in [0.717, 1.165) is 5.69 Å². The fraction of sp³-hybridized carbons (Fsp3) is 0.375. The molecular formula is C24H29N. The summed E-state index contributed by atoms with van der Waals surface area (Å²) in [5.74, 6) is 0. The van der Waals surface area contributed by atoms with E-state index in [1.165, 1.54) is 33.0 Å². The van der Waals surface area contributed by atoms with Gasteiger partial charge in [0.15, 0.2) is 0 Å². The lowest BCUT2D eigenvalue weighted by Crippen LogP contribution is -2.11. The summed E-state index contributed by atoms with van der Waals surface area (Å²) in [5, 5.41) is 2.46. The molecule has 0 aliphatic carbocycles. The lowest BCUT2D eigenvalue weighted by atomic mass is 9.84. The quantitative estimate of drug-likeness (QED) is 0.477. The molecule has 130 valence electrons. The molecule has 0 atom stereocenters. The third-order valence-electron chi connectivity index (χ3n) is 4.83. The Balaban J connectivity index is 2.15. The minimum absolute atomic E-state index is 0.136. The van der Waals surface area contributed by atoms with Crippen molar-refractivity contribution in [3.8, 4) is 11.3 Å². The summed E-state index contributed by atoms with van der Waals surface area (Å²) in [6.07, 6.45) is 2.00. The molecule has 0 radical (unpaired) electrons. The number of fused-ring (bicyclic) bond motifs is 1. The van der Waals surface area contributed by atoms with Crippen LogP contribution in [0.1, 0.15) is 58.2 Å². The largest absolute Gasteiger partial charge is 0.256 e. The molecule has 0 amide bonds. The third-order valence-corrected chi connectivity index (χ3v) is 4.83. The van der Waals surface area contributed by atoms with Crippen molar-refractivity contribution >= 4 is 10.8 Å². The summed E-state index contributed by atoms with van der Waals surface area (Å²) in [4.78, 5) is 4.73. The lowest BCUT2D eigenvalue weighted by Gasteiger charge is -2.21. The average molecular weight is 332 g/mol. The molecule has 0 bridgehead atoms. The molecule has 25 heavy (non-hydrogen) atoms. The van der Waals surface area contributed by atoms with Crippen molar-refractivity contribution in [2.45, 2.75) is 59.3 Å². The number of hydrogen-bond donors (Lipinski definition) is 0. The smallest absolute Gasteiger partial charge is 0.0708 e. The number of aryl methyl sites for hydroxylation is 1. The number of pyridine rings is 1. The zero-order chi connectivity index (χ0) is 18.4. The Labute approximate surface area is 152 Å². The molecule has 2 aromatic carbocycles. The summed E-state index contributed by atoms with van der Waals surface area (Å²) < 4.78 is 0. The van der Waals surface area contributed by atoms with Gasteiger partial charge in [-0.15, -0.1) is 0 Å². The summed E-state index contributed by atoms with van der Waals surface area (Å²) in [7, 11) is 0. The van der Waals surface area contributed by atoms with Crippen LogP contribution in [0, 0.1) is 6.92 Å². The van der Waals surface area contributed by atoms with Gasteiger partial charge < -0.3 is 0 Å². The van der Waals surface area contributed by atoms with E-state index >= 15 is 0 Å². The molecule has 0 aliphatic rings. The van der Waals surface area contributed by atoms with Crippen molar-refractivity contribution in [3.63, 3.8) is 0 Å². The highest BCUT2D eigenvalue weighted by atomic mass is 14.7. The molecule has 1 aromatic heterocycles. The molecular weight excluding hydrogens is 302 g/mol. The van der Waals surface area contributed by atoms with Crippen LogP contribution in [0.25, 0.3) is 22.0 Å².